The molecule has 8 heteroatoms. The molecule has 1 unspecified atom stereocenters. The fourth-order valence-electron chi connectivity index (χ4n) is 3.72. The second kappa shape index (κ2) is 8.90. The molecule has 0 spiro atoms. The number of hydrogen-bond donors (Lipinski definition) is 2. The van der Waals surface area contributed by atoms with Crippen LogP contribution >= 0.6 is 23.5 Å². The van der Waals surface area contributed by atoms with Crippen LogP contribution in [-0.2, 0) is 0 Å². The van der Waals surface area contributed by atoms with Crippen molar-refractivity contribution in [2.45, 2.75) is 30.2 Å². The quantitative estimate of drug-likeness (QED) is 0.456. The third-order valence-electron chi connectivity index (χ3n) is 5.22. The van der Waals surface area contributed by atoms with Crippen LogP contribution in [0.3, 0.4) is 0 Å². The number of halogens is 1. The van der Waals surface area contributed by atoms with Gasteiger partial charge < -0.3 is 19.5 Å². The molecule has 1 fully saturated rings. The molecule has 0 radical (unpaired) electrons. The van der Waals surface area contributed by atoms with Crippen molar-refractivity contribution < 1.29 is 14.6 Å². The van der Waals surface area contributed by atoms with E-state index in [1.54, 1.807) is 18.2 Å². The summed E-state index contributed by atoms with van der Waals surface area (Å²) in [6.45, 7) is 1.28. The van der Waals surface area contributed by atoms with Crippen LogP contribution in [0, 0.1) is 11.3 Å². The van der Waals surface area contributed by atoms with E-state index in [0.717, 1.165) is 37.2 Å². The van der Waals surface area contributed by atoms with Gasteiger partial charge in [-0.3, -0.25) is 0 Å². The number of carboxylic acids is 1. The van der Waals surface area contributed by atoms with Crippen LogP contribution in [0.4, 0.5) is 11.4 Å². The van der Waals surface area contributed by atoms with Gasteiger partial charge in [-0.2, -0.15) is 5.26 Å². The van der Waals surface area contributed by atoms with Crippen molar-refractivity contribution in [2.24, 2.45) is 0 Å². The summed E-state index contributed by atoms with van der Waals surface area (Å²) in [6.07, 6.45) is 7.40. The molecule has 2 aromatic carbocycles. The van der Waals surface area contributed by atoms with Crippen molar-refractivity contribution in [2.75, 3.05) is 22.8 Å². The number of nitriles is 1. The molecular formula is C22H20ClN3O3S. The van der Waals surface area contributed by atoms with Crippen molar-refractivity contribution >= 4 is 40.9 Å². The Labute approximate surface area is 184 Å². The Morgan fingerprint density at radius 3 is 3.00 bits per heavy atom. The summed E-state index contributed by atoms with van der Waals surface area (Å²) in [5, 5.41) is 19.2. The number of rotatable bonds is 1. The van der Waals surface area contributed by atoms with E-state index in [-0.39, 0.29) is 11.6 Å². The first-order valence-electron chi connectivity index (χ1n) is 9.67. The minimum absolute atomic E-state index is 0.180. The molecule has 0 amide bonds. The molecule has 4 rings (SSSR count). The average Bonchev–Trinajstić information content (AvgIpc) is 2.75. The Morgan fingerprint density at radius 1 is 1.33 bits per heavy atom. The SMILES string of the molecule is N#Cc1cc2c(cc1Cl)N1CCCCC1/C=C/COc1ccc(C(=O)O)cc1SN2. The second-order valence-corrected chi connectivity index (χ2v) is 8.38. The van der Waals surface area contributed by atoms with E-state index in [9.17, 15) is 15.2 Å². The number of piperidine rings is 1. The highest BCUT2D eigenvalue weighted by atomic mass is 35.5. The number of anilines is 2. The maximum Gasteiger partial charge on any atom is 0.335 e. The van der Waals surface area contributed by atoms with Crippen LogP contribution in [0.2, 0.25) is 5.02 Å². The van der Waals surface area contributed by atoms with Gasteiger partial charge in [-0.25, -0.2) is 4.79 Å². The normalized spacial score (nSPS) is 19.3. The topological polar surface area (TPSA) is 85.6 Å². The van der Waals surface area contributed by atoms with Gasteiger partial charge in [0.2, 0.25) is 0 Å². The first-order chi connectivity index (χ1) is 14.6. The van der Waals surface area contributed by atoms with Gasteiger partial charge in [0.15, 0.2) is 0 Å². The van der Waals surface area contributed by atoms with Crippen molar-refractivity contribution in [3.63, 3.8) is 0 Å². The number of hydrogen-bond acceptors (Lipinski definition) is 6. The number of benzene rings is 2. The summed E-state index contributed by atoms with van der Waals surface area (Å²) in [5.74, 6) is -0.404. The zero-order valence-corrected chi connectivity index (χ0v) is 17.7. The van der Waals surface area contributed by atoms with Crippen molar-refractivity contribution in [1.29, 1.82) is 5.26 Å². The van der Waals surface area contributed by atoms with Crippen LogP contribution in [0.25, 0.3) is 0 Å². The molecule has 0 aliphatic carbocycles. The maximum absolute atomic E-state index is 11.4. The summed E-state index contributed by atoms with van der Waals surface area (Å²) < 4.78 is 9.20. The highest BCUT2D eigenvalue weighted by Gasteiger charge is 2.24. The molecule has 1 atom stereocenters. The zero-order chi connectivity index (χ0) is 21.1. The highest BCUT2D eigenvalue weighted by molar-refractivity contribution is 8.00. The zero-order valence-electron chi connectivity index (χ0n) is 16.1. The van der Waals surface area contributed by atoms with E-state index in [1.165, 1.54) is 18.0 Å². The maximum atomic E-state index is 11.4. The molecule has 2 aliphatic rings. The standard InChI is InChI=1S/C22H20ClN3O3S/c23-17-12-19-18(10-15(17)13-24)25-30-21-11-14(22(27)28)6-7-20(21)29-9-3-5-16-4-1-2-8-26(16)19/h3,5-7,10-12,16,25H,1-2,4,8-9H2,(H,27,28)/b5-3+. The number of ether oxygens (including phenoxy) is 1. The van der Waals surface area contributed by atoms with Gasteiger partial charge in [-0.15, -0.1) is 0 Å². The first kappa shape index (κ1) is 20.5. The van der Waals surface area contributed by atoms with Crippen LogP contribution < -0.4 is 14.4 Å². The Balaban J connectivity index is 1.80. The van der Waals surface area contributed by atoms with Crippen LogP contribution in [0.15, 0.2) is 47.4 Å². The summed E-state index contributed by atoms with van der Waals surface area (Å²) in [7, 11) is 0. The van der Waals surface area contributed by atoms with Crippen molar-refractivity contribution in [3.05, 3.63) is 58.6 Å². The molecule has 30 heavy (non-hydrogen) atoms. The Bertz CT molecular complexity index is 1050. The molecule has 0 saturated carbocycles. The van der Waals surface area contributed by atoms with E-state index < -0.39 is 5.97 Å². The van der Waals surface area contributed by atoms with E-state index in [4.69, 9.17) is 16.3 Å². The van der Waals surface area contributed by atoms with Gasteiger partial charge in [0, 0.05) is 12.6 Å². The van der Waals surface area contributed by atoms with Crippen molar-refractivity contribution in [1.82, 2.24) is 0 Å². The number of nitrogens with one attached hydrogen (secondary N) is 1. The third kappa shape index (κ3) is 4.20. The third-order valence-corrected chi connectivity index (χ3v) is 6.39. The predicted octanol–water partition coefficient (Wildman–Crippen LogP) is 5.34. The van der Waals surface area contributed by atoms with Gasteiger partial charge in [0.05, 0.1) is 32.4 Å². The van der Waals surface area contributed by atoms with Crippen LogP contribution in [-0.4, -0.2) is 30.3 Å². The van der Waals surface area contributed by atoms with Gasteiger partial charge in [-0.1, -0.05) is 17.7 Å². The molecular weight excluding hydrogens is 422 g/mol. The van der Waals surface area contributed by atoms with E-state index in [2.05, 4.69) is 21.8 Å². The highest BCUT2D eigenvalue weighted by Crippen LogP contribution is 2.40. The van der Waals surface area contributed by atoms with Crippen LogP contribution in [0.5, 0.6) is 5.75 Å². The lowest BCUT2D eigenvalue weighted by Gasteiger charge is -2.37. The molecule has 154 valence electrons. The van der Waals surface area contributed by atoms with E-state index >= 15 is 0 Å². The van der Waals surface area contributed by atoms with E-state index in [1.807, 2.05) is 12.1 Å². The van der Waals surface area contributed by atoms with Gasteiger partial charge >= 0.3 is 5.97 Å². The minimum Gasteiger partial charge on any atom is -0.488 e. The summed E-state index contributed by atoms with van der Waals surface area (Å²) in [5.41, 5.74) is 2.25. The summed E-state index contributed by atoms with van der Waals surface area (Å²) >= 11 is 7.63. The van der Waals surface area contributed by atoms with E-state index in [0.29, 0.717) is 27.8 Å². The molecule has 0 bridgehead atoms. The molecule has 2 aromatic rings. The largest absolute Gasteiger partial charge is 0.488 e. The molecule has 6 nitrogen and oxygen atoms in total. The van der Waals surface area contributed by atoms with Crippen LogP contribution in [0.1, 0.15) is 35.2 Å². The summed E-state index contributed by atoms with van der Waals surface area (Å²) in [4.78, 5) is 14.4. The molecule has 2 heterocycles. The molecule has 2 N–H and O–H groups in total. The minimum atomic E-state index is -1.00. The fourth-order valence-corrected chi connectivity index (χ4v) is 4.72. The number of carboxylic acid groups (broad SMARTS) is 1. The Hall–Kier alpha value is -2.82. The summed E-state index contributed by atoms with van der Waals surface area (Å²) in [6, 6.07) is 10.7. The van der Waals surface area contributed by atoms with Gasteiger partial charge in [0.1, 0.15) is 18.4 Å². The Kier molecular flexibility index (Phi) is 6.07. The predicted molar refractivity (Wildman–Crippen MR) is 119 cm³/mol. The number of aromatic carboxylic acids is 1. The molecule has 2 aliphatic heterocycles. The molecule has 1 saturated heterocycles. The number of fused-ring (bicyclic) bond motifs is 4. The fraction of sp³-hybridized carbons (Fsp3) is 0.273. The lowest BCUT2D eigenvalue weighted by atomic mass is 10.00. The lowest BCUT2D eigenvalue weighted by molar-refractivity contribution is 0.0696. The number of carbonyl (C=O) groups is 1. The Morgan fingerprint density at radius 2 is 2.20 bits per heavy atom. The second-order valence-electron chi connectivity index (χ2n) is 7.13. The first-order valence-corrected chi connectivity index (χ1v) is 10.9. The van der Waals surface area contributed by atoms with Crippen molar-refractivity contribution in [3.8, 4) is 11.8 Å². The van der Waals surface area contributed by atoms with Gasteiger partial charge in [0.25, 0.3) is 0 Å². The van der Waals surface area contributed by atoms with Gasteiger partial charge in [-0.05, 0) is 67.6 Å². The molecule has 0 aromatic heterocycles. The lowest BCUT2D eigenvalue weighted by Crippen LogP contribution is -2.38. The average molecular weight is 442 g/mol. The monoisotopic (exact) mass is 441 g/mol. The smallest absolute Gasteiger partial charge is 0.335 e. The number of nitrogens with zero attached hydrogens (tertiary/aromatic N) is 2.